The fourth-order valence-corrected chi connectivity index (χ4v) is 2.49. The Morgan fingerprint density at radius 1 is 0.926 bits per heavy atom. The Kier molecular flexibility index (Phi) is 7.48. The van der Waals surface area contributed by atoms with Crippen LogP contribution < -0.4 is 16.1 Å². The van der Waals surface area contributed by atoms with Crippen molar-refractivity contribution in [3.63, 3.8) is 0 Å². The van der Waals surface area contributed by atoms with Gasteiger partial charge >= 0.3 is 5.97 Å². The number of anilines is 1. The van der Waals surface area contributed by atoms with Crippen molar-refractivity contribution in [1.82, 2.24) is 10.8 Å². The van der Waals surface area contributed by atoms with Crippen LogP contribution in [0, 0.1) is 0 Å². The van der Waals surface area contributed by atoms with Gasteiger partial charge in [0.15, 0.2) is 0 Å². The minimum atomic E-state index is -0.946. The summed E-state index contributed by atoms with van der Waals surface area (Å²) in [5.41, 5.74) is 3.56. The van der Waals surface area contributed by atoms with Crippen LogP contribution in [0.5, 0.6) is 0 Å². The Hall–Kier alpha value is -3.23. The van der Waals surface area contributed by atoms with Crippen LogP contribution >= 0.6 is 0 Å². The highest BCUT2D eigenvalue weighted by molar-refractivity contribution is 6.03. The molecule has 0 aliphatic carbocycles. The second kappa shape index (κ2) is 10.0. The molecule has 0 aliphatic heterocycles. The summed E-state index contributed by atoms with van der Waals surface area (Å²) in [6.45, 7) is 0.296. The molecule has 0 saturated carbocycles. The lowest BCUT2D eigenvalue weighted by Gasteiger charge is -2.15. The van der Waals surface area contributed by atoms with Gasteiger partial charge in [0.05, 0.1) is 0 Å². The second-order valence-corrected chi connectivity index (χ2v) is 5.92. The average Bonchev–Trinajstić information content (AvgIpc) is 2.65. The van der Waals surface area contributed by atoms with E-state index in [9.17, 15) is 19.5 Å². The molecule has 0 unspecified atom stereocenters. The van der Waals surface area contributed by atoms with Crippen LogP contribution in [0.3, 0.4) is 0 Å². The molecule has 2 amide bonds. The molecule has 1 atom stereocenters. The maximum Gasteiger partial charge on any atom is 0.321 e. The van der Waals surface area contributed by atoms with E-state index in [1.54, 1.807) is 24.3 Å². The molecule has 2 aromatic rings. The van der Waals surface area contributed by atoms with Crippen molar-refractivity contribution in [2.45, 2.75) is 25.4 Å². The maximum atomic E-state index is 11.7. The summed E-state index contributed by atoms with van der Waals surface area (Å²) in [7, 11) is 0. The van der Waals surface area contributed by atoms with Gasteiger partial charge in [0.25, 0.3) is 5.91 Å². The van der Waals surface area contributed by atoms with Crippen LogP contribution in [0.2, 0.25) is 0 Å². The lowest BCUT2D eigenvalue weighted by molar-refractivity contribution is -0.139. The number of hydroxylamine groups is 1. The van der Waals surface area contributed by atoms with Crippen LogP contribution in [0.1, 0.15) is 17.5 Å². The predicted octanol–water partition coefficient (Wildman–Crippen LogP) is 1.31. The Morgan fingerprint density at radius 3 is 2.30 bits per heavy atom. The van der Waals surface area contributed by atoms with Gasteiger partial charge in [0, 0.05) is 12.2 Å². The third kappa shape index (κ3) is 6.89. The van der Waals surface area contributed by atoms with Gasteiger partial charge < -0.3 is 15.7 Å². The van der Waals surface area contributed by atoms with E-state index >= 15 is 0 Å². The number of hydrogen-bond donors (Lipinski definition) is 5. The first-order valence-corrected chi connectivity index (χ1v) is 8.30. The fourth-order valence-electron chi connectivity index (χ4n) is 2.49. The molecule has 0 aromatic heterocycles. The molecule has 0 aliphatic rings. The molecule has 0 saturated heterocycles. The largest absolute Gasteiger partial charge is 0.480 e. The number of carboxylic acid groups (broad SMARTS) is 1. The van der Waals surface area contributed by atoms with E-state index in [0.717, 1.165) is 11.1 Å². The zero-order valence-corrected chi connectivity index (χ0v) is 14.5. The summed E-state index contributed by atoms with van der Waals surface area (Å²) in [4.78, 5) is 34.1. The summed E-state index contributed by atoms with van der Waals surface area (Å²) in [6.07, 6.45) is -0.153. The van der Waals surface area contributed by atoms with Crippen molar-refractivity contribution in [3.05, 3.63) is 65.7 Å². The molecule has 2 rings (SSSR count). The summed E-state index contributed by atoms with van der Waals surface area (Å²) < 4.78 is 0. The Bertz CT molecular complexity index is 795. The second-order valence-electron chi connectivity index (χ2n) is 5.92. The van der Waals surface area contributed by atoms with E-state index in [-0.39, 0.29) is 0 Å². The molecular formula is C19H21N3O5. The van der Waals surface area contributed by atoms with E-state index < -0.39 is 30.2 Å². The first-order chi connectivity index (χ1) is 13.0. The lowest BCUT2D eigenvalue weighted by atomic mass is 10.1. The molecule has 8 nitrogen and oxygen atoms in total. The van der Waals surface area contributed by atoms with E-state index in [2.05, 4.69) is 10.6 Å². The monoisotopic (exact) mass is 371 g/mol. The minimum Gasteiger partial charge on any atom is -0.480 e. The minimum absolute atomic E-state index is 0.296. The van der Waals surface area contributed by atoms with Gasteiger partial charge in [-0.3, -0.25) is 19.6 Å². The smallest absolute Gasteiger partial charge is 0.321 e. The molecule has 2 aromatic carbocycles. The van der Waals surface area contributed by atoms with Crippen LogP contribution in [0.15, 0.2) is 54.6 Å². The summed E-state index contributed by atoms with van der Waals surface area (Å²) in [6, 6.07) is 15.4. The molecule has 5 N–H and O–H groups in total. The molecule has 142 valence electrons. The zero-order valence-electron chi connectivity index (χ0n) is 14.5. The number of hydrogen-bond acceptors (Lipinski definition) is 5. The van der Waals surface area contributed by atoms with Crippen molar-refractivity contribution < 1.29 is 24.7 Å². The number of rotatable bonds is 9. The highest BCUT2D eigenvalue weighted by Gasteiger charge is 2.17. The van der Waals surface area contributed by atoms with E-state index in [0.29, 0.717) is 18.7 Å². The van der Waals surface area contributed by atoms with Gasteiger partial charge in [-0.05, 0) is 29.7 Å². The van der Waals surface area contributed by atoms with Gasteiger partial charge in [-0.1, -0.05) is 42.5 Å². The Balaban J connectivity index is 1.95. The average molecular weight is 371 g/mol. The van der Waals surface area contributed by atoms with Crippen molar-refractivity contribution >= 4 is 23.5 Å². The van der Waals surface area contributed by atoms with E-state index in [1.165, 1.54) is 5.48 Å². The van der Waals surface area contributed by atoms with Crippen LogP contribution in [-0.4, -0.2) is 34.1 Å². The topological polar surface area (TPSA) is 128 Å². The van der Waals surface area contributed by atoms with Crippen molar-refractivity contribution in [2.24, 2.45) is 0 Å². The van der Waals surface area contributed by atoms with Crippen LogP contribution in [-0.2, 0) is 27.3 Å². The number of carboxylic acids is 1. The van der Waals surface area contributed by atoms with E-state index in [1.807, 2.05) is 30.3 Å². The zero-order chi connectivity index (χ0) is 19.6. The summed E-state index contributed by atoms with van der Waals surface area (Å²) in [5, 5.41) is 23.4. The van der Waals surface area contributed by atoms with Gasteiger partial charge in [-0.2, -0.15) is 0 Å². The van der Waals surface area contributed by atoms with Gasteiger partial charge in [-0.25, -0.2) is 5.48 Å². The van der Waals surface area contributed by atoms with Crippen molar-refractivity contribution in [1.29, 1.82) is 0 Å². The first-order valence-electron chi connectivity index (χ1n) is 8.30. The Labute approximate surface area is 156 Å². The highest BCUT2D eigenvalue weighted by atomic mass is 16.5. The molecule has 0 heterocycles. The molecule has 27 heavy (non-hydrogen) atoms. The normalized spacial score (nSPS) is 11.4. The van der Waals surface area contributed by atoms with Crippen LogP contribution in [0.25, 0.3) is 0 Å². The SMILES string of the molecule is O=C(CC(=O)Nc1cccc(CN[C@@H](Cc2ccccc2)C(=O)O)c1)NO. The number of carbonyl (C=O) groups excluding carboxylic acids is 2. The standard InChI is InChI=1S/C19H21N3O5/c23-17(11-18(24)22-27)21-15-8-4-7-14(9-15)12-20-16(19(25)26)10-13-5-2-1-3-6-13/h1-9,16,20,27H,10-12H2,(H,21,23)(H,22,24)(H,25,26)/t16-/m0/s1. The maximum absolute atomic E-state index is 11.7. The molecular weight excluding hydrogens is 350 g/mol. The molecule has 0 fully saturated rings. The number of amides is 2. The van der Waals surface area contributed by atoms with Crippen LogP contribution in [0.4, 0.5) is 5.69 Å². The highest BCUT2D eigenvalue weighted by Crippen LogP contribution is 2.12. The summed E-state index contributed by atoms with van der Waals surface area (Å²) in [5.74, 6) is -2.33. The molecule has 8 heteroatoms. The van der Waals surface area contributed by atoms with E-state index in [4.69, 9.17) is 5.21 Å². The third-order valence-electron chi connectivity index (χ3n) is 3.79. The predicted molar refractivity (Wildman–Crippen MR) is 98.0 cm³/mol. The number of nitrogens with one attached hydrogen (secondary N) is 3. The first kappa shape index (κ1) is 20.1. The van der Waals surface area contributed by atoms with Gasteiger partial charge in [0.2, 0.25) is 5.91 Å². The quantitative estimate of drug-likeness (QED) is 0.257. The third-order valence-corrected chi connectivity index (χ3v) is 3.79. The van der Waals surface area contributed by atoms with Crippen molar-refractivity contribution in [3.8, 4) is 0 Å². The number of carbonyl (C=O) groups is 3. The number of benzene rings is 2. The number of aliphatic carboxylic acids is 1. The van der Waals surface area contributed by atoms with Crippen molar-refractivity contribution in [2.75, 3.05) is 5.32 Å². The summed E-state index contributed by atoms with van der Waals surface area (Å²) >= 11 is 0. The fraction of sp³-hybridized carbons (Fsp3) is 0.211. The lowest BCUT2D eigenvalue weighted by Crippen LogP contribution is -2.38. The molecule has 0 radical (unpaired) electrons. The van der Waals surface area contributed by atoms with Gasteiger partial charge in [-0.15, -0.1) is 0 Å². The Morgan fingerprint density at radius 2 is 1.63 bits per heavy atom. The molecule has 0 bridgehead atoms. The molecule has 0 spiro atoms. The van der Waals surface area contributed by atoms with Gasteiger partial charge in [0.1, 0.15) is 12.5 Å².